The summed E-state index contributed by atoms with van der Waals surface area (Å²) in [7, 11) is 5.66. The van der Waals surface area contributed by atoms with Crippen molar-refractivity contribution in [1.29, 1.82) is 0 Å². The van der Waals surface area contributed by atoms with Gasteiger partial charge < -0.3 is 14.7 Å². The van der Waals surface area contributed by atoms with E-state index in [1.807, 2.05) is 18.8 Å². The molecule has 1 aromatic heterocycles. The first-order valence-corrected chi connectivity index (χ1v) is 7.91. The highest BCUT2D eigenvalue weighted by Gasteiger charge is 2.19. The van der Waals surface area contributed by atoms with Crippen LogP contribution in [0.5, 0.6) is 5.75 Å². The first kappa shape index (κ1) is 16.3. The van der Waals surface area contributed by atoms with Crippen LogP contribution in [0.1, 0.15) is 24.6 Å². The van der Waals surface area contributed by atoms with Crippen LogP contribution in [0.4, 0.5) is 0 Å². The average Bonchev–Trinajstić information content (AvgIpc) is 2.79. The molecule has 0 radical (unpaired) electrons. The van der Waals surface area contributed by atoms with E-state index in [0.717, 1.165) is 37.4 Å². The molecule has 0 fully saturated rings. The van der Waals surface area contributed by atoms with E-state index >= 15 is 0 Å². The SMILES string of the molecule is COc1cnn(CCN(C)C)c1C(O)CCCSC. The summed E-state index contributed by atoms with van der Waals surface area (Å²) < 4.78 is 7.15. The molecular weight excluding hydrogens is 262 g/mol. The number of aliphatic hydroxyl groups is 1. The van der Waals surface area contributed by atoms with E-state index in [4.69, 9.17) is 4.74 Å². The number of aliphatic hydroxyl groups excluding tert-OH is 1. The Labute approximate surface area is 119 Å². The van der Waals surface area contributed by atoms with Crippen LogP contribution in [0.25, 0.3) is 0 Å². The lowest BCUT2D eigenvalue weighted by Crippen LogP contribution is -2.21. The smallest absolute Gasteiger partial charge is 0.162 e. The Bertz CT molecular complexity index is 369. The second-order valence-electron chi connectivity index (χ2n) is 4.78. The normalized spacial score (nSPS) is 12.9. The molecule has 1 rings (SSSR count). The third kappa shape index (κ3) is 5.04. The summed E-state index contributed by atoms with van der Waals surface area (Å²) in [5.74, 6) is 1.74. The third-order valence-corrected chi connectivity index (χ3v) is 3.66. The summed E-state index contributed by atoms with van der Waals surface area (Å²) >= 11 is 1.80. The van der Waals surface area contributed by atoms with Gasteiger partial charge in [0.25, 0.3) is 0 Å². The van der Waals surface area contributed by atoms with Gasteiger partial charge in [0.05, 0.1) is 26.0 Å². The van der Waals surface area contributed by atoms with Crippen molar-refractivity contribution in [3.8, 4) is 5.75 Å². The Morgan fingerprint density at radius 2 is 2.26 bits per heavy atom. The molecule has 1 unspecified atom stereocenters. The third-order valence-electron chi connectivity index (χ3n) is 2.97. The maximum atomic E-state index is 10.3. The van der Waals surface area contributed by atoms with Crippen molar-refractivity contribution in [2.45, 2.75) is 25.5 Å². The number of likely N-dealkylation sites (N-methyl/N-ethyl adjacent to an activating group) is 1. The maximum Gasteiger partial charge on any atom is 0.162 e. The van der Waals surface area contributed by atoms with E-state index < -0.39 is 6.10 Å². The van der Waals surface area contributed by atoms with E-state index in [1.54, 1.807) is 25.1 Å². The zero-order chi connectivity index (χ0) is 14.3. The molecule has 0 aliphatic rings. The number of ether oxygens (including phenoxy) is 1. The lowest BCUT2D eigenvalue weighted by atomic mass is 10.1. The predicted molar refractivity (Wildman–Crippen MR) is 79.9 cm³/mol. The summed E-state index contributed by atoms with van der Waals surface area (Å²) in [6.45, 7) is 1.64. The van der Waals surface area contributed by atoms with Crippen molar-refractivity contribution < 1.29 is 9.84 Å². The summed E-state index contributed by atoms with van der Waals surface area (Å²) in [6.07, 6.45) is 4.98. The van der Waals surface area contributed by atoms with Gasteiger partial charge in [0.15, 0.2) is 5.75 Å². The van der Waals surface area contributed by atoms with Crippen LogP contribution in [0.2, 0.25) is 0 Å². The number of nitrogens with zero attached hydrogens (tertiary/aromatic N) is 3. The minimum absolute atomic E-state index is 0.508. The van der Waals surface area contributed by atoms with Crippen LogP contribution >= 0.6 is 11.8 Å². The van der Waals surface area contributed by atoms with Crippen molar-refractivity contribution in [2.75, 3.05) is 39.8 Å². The Kier molecular flexibility index (Phi) is 7.27. The zero-order valence-electron chi connectivity index (χ0n) is 12.3. The average molecular weight is 287 g/mol. The molecule has 1 atom stereocenters. The number of methoxy groups -OCH3 is 1. The molecule has 6 heteroatoms. The van der Waals surface area contributed by atoms with Gasteiger partial charge in [-0.1, -0.05) is 0 Å². The Hall–Kier alpha value is -0.720. The highest BCUT2D eigenvalue weighted by molar-refractivity contribution is 7.98. The van der Waals surface area contributed by atoms with E-state index in [2.05, 4.69) is 16.3 Å². The lowest BCUT2D eigenvalue weighted by molar-refractivity contribution is 0.150. The molecule has 1 N–H and O–H groups in total. The van der Waals surface area contributed by atoms with Crippen LogP contribution in [0, 0.1) is 0 Å². The van der Waals surface area contributed by atoms with E-state index in [0.29, 0.717) is 5.75 Å². The fraction of sp³-hybridized carbons (Fsp3) is 0.769. The van der Waals surface area contributed by atoms with Crippen molar-refractivity contribution in [1.82, 2.24) is 14.7 Å². The van der Waals surface area contributed by atoms with E-state index in [9.17, 15) is 5.11 Å². The van der Waals surface area contributed by atoms with Crippen LogP contribution in [0.3, 0.4) is 0 Å². The minimum atomic E-state index is -0.508. The van der Waals surface area contributed by atoms with Gasteiger partial charge in [0.1, 0.15) is 5.69 Å². The van der Waals surface area contributed by atoms with Gasteiger partial charge in [-0.2, -0.15) is 16.9 Å². The number of thioether (sulfide) groups is 1. The molecule has 0 bridgehead atoms. The molecule has 0 saturated carbocycles. The molecule has 0 aliphatic heterocycles. The summed E-state index contributed by atoms with van der Waals surface area (Å²) in [5, 5.41) is 14.6. The fourth-order valence-corrected chi connectivity index (χ4v) is 2.36. The van der Waals surface area contributed by atoms with Gasteiger partial charge in [-0.25, -0.2) is 0 Å². The second-order valence-corrected chi connectivity index (χ2v) is 5.76. The quantitative estimate of drug-likeness (QED) is 0.700. The Balaban J connectivity index is 2.73. The predicted octanol–water partition coefficient (Wildman–Crippen LogP) is 1.63. The monoisotopic (exact) mass is 287 g/mol. The summed E-state index contributed by atoms with van der Waals surface area (Å²) in [4.78, 5) is 2.10. The Morgan fingerprint density at radius 1 is 1.53 bits per heavy atom. The number of rotatable bonds is 9. The topological polar surface area (TPSA) is 50.5 Å². The molecule has 110 valence electrons. The van der Waals surface area contributed by atoms with Crippen molar-refractivity contribution in [3.63, 3.8) is 0 Å². The van der Waals surface area contributed by atoms with Crippen LogP contribution in [-0.2, 0) is 6.54 Å². The molecule has 0 aromatic carbocycles. The lowest BCUT2D eigenvalue weighted by Gasteiger charge is -2.16. The molecule has 0 spiro atoms. The maximum absolute atomic E-state index is 10.3. The van der Waals surface area contributed by atoms with Crippen LogP contribution < -0.4 is 4.74 Å². The fourth-order valence-electron chi connectivity index (χ4n) is 1.90. The largest absolute Gasteiger partial charge is 0.493 e. The molecular formula is C13H25N3O2S. The molecule has 0 aliphatic carbocycles. The molecule has 1 aromatic rings. The number of hydrogen-bond donors (Lipinski definition) is 1. The molecule has 0 saturated heterocycles. The molecule has 5 nitrogen and oxygen atoms in total. The zero-order valence-corrected chi connectivity index (χ0v) is 13.1. The van der Waals surface area contributed by atoms with Gasteiger partial charge in [-0.3, -0.25) is 4.68 Å². The first-order valence-electron chi connectivity index (χ1n) is 6.51. The summed E-state index contributed by atoms with van der Waals surface area (Å²) in [5.41, 5.74) is 0.797. The van der Waals surface area contributed by atoms with Gasteiger partial charge in [-0.05, 0) is 38.9 Å². The van der Waals surface area contributed by atoms with Crippen molar-refractivity contribution >= 4 is 11.8 Å². The highest BCUT2D eigenvalue weighted by atomic mass is 32.2. The summed E-state index contributed by atoms with van der Waals surface area (Å²) in [6, 6.07) is 0. The van der Waals surface area contributed by atoms with Gasteiger partial charge >= 0.3 is 0 Å². The van der Waals surface area contributed by atoms with Crippen molar-refractivity contribution in [3.05, 3.63) is 11.9 Å². The van der Waals surface area contributed by atoms with Gasteiger partial charge in [0, 0.05) is 6.54 Å². The van der Waals surface area contributed by atoms with E-state index in [1.165, 1.54) is 0 Å². The van der Waals surface area contributed by atoms with Gasteiger partial charge in [-0.15, -0.1) is 0 Å². The number of hydrogen-bond acceptors (Lipinski definition) is 5. The van der Waals surface area contributed by atoms with Crippen LogP contribution in [0.15, 0.2) is 6.20 Å². The molecule has 0 amide bonds. The highest BCUT2D eigenvalue weighted by Crippen LogP contribution is 2.28. The molecule has 19 heavy (non-hydrogen) atoms. The van der Waals surface area contributed by atoms with E-state index in [-0.39, 0.29) is 0 Å². The number of aromatic nitrogens is 2. The van der Waals surface area contributed by atoms with Crippen molar-refractivity contribution in [2.24, 2.45) is 0 Å². The Morgan fingerprint density at radius 3 is 2.84 bits per heavy atom. The van der Waals surface area contributed by atoms with Gasteiger partial charge in [0.2, 0.25) is 0 Å². The molecule has 1 heterocycles. The minimum Gasteiger partial charge on any atom is -0.493 e. The first-order chi connectivity index (χ1) is 9.10. The standard InChI is InChI=1S/C13H25N3O2S/c1-15(2)7-8-16-13(12(18-3)10-14-16)11(17)6-5-9-19-4/h10-11,17H,5-9H2,1-4H3. The van der Waals surface area contributed by atoms with Crippen LogP contribution in [-0.4, -0.2) is 59.5 Å². The second kappa shape index (κ2) is 8.45.